The SMILES string of the molecule is CN(C(=O)c1cc(Cl)ccc1N)c1cccnc1. The van der Waals surface area contributed by atoms with Gasteiger partial charge in [0.25, 0.3) is 5.91 Å². The second-order valence-corrected chi connectivity index (χ2v) is 4.24. The number of carbonyl (C=O) groups excluding carboxylic acids is 1. The number of carbonyl (C=O) groups is 1. The Morgan fingerprint density at radius 3 is 2.83 bits per heavy atom. The van der Waals surface area contributed by atoms with Gasteiger partial charge in [0.1, 0.15) is 0 Å². The highest BCUT2D eigenvalue weighted by Crippen LogP contribution is 2.21. The molecule has 0 spiro atoms. The zero-order valence-corrected chi connectivity index (χ0v) is 10.6. The molecule has 1 amide bonds. The number of nitrogen functional groups attached to an aromatic ring is 1. The Morgan fingerprint density at radius 1 is 1.39 bits per heavy atom. The highest BCUT2D eigenvalue weighted by atomic mass is 35.5. The van der Waals surface area contributed by atoms with Crippen molar-refractivity contribution in [3.05, 3.63) is 53.3 Å². The molecule has 0 aliphatic carbocycles. The second kappa shape index (κ2) is 5.06. The first kappa shape index (κ1) is 12.4. The molecule has 5 heteroatoms. The number of hydrogen-bond acceptors (Lipinski definition) is 3. The van der Waals surface area contributed by atoms with Crippen molar-refractivity contribution in [2.24, 2.45) is 0 Å². The van der Waals surface area contributed by atoms with Crippen LogP contribution in [0.1, 0.15) is 10.4 Å². The number of pyridine rings is 1. The van der Waals surface area contributed by atoms with E-state index in [1.54, 1.807) is 49.8 Å². The highest BCUT2D eigenvalue weighted by Gasteiger charge is 2.16. The molecule has 2 N–H and O–H groups in total. The number of nitrogens with zero attached hydrogens (tertiary/aromatic N) is 2. The lowest BCUT2D eigenvalue weighted by atomic mass is 10.1. The van der Waals surface area contributed by atoms with Crippen LogP contribution in [0.25, 0.3) is 0 Å². The molecule has 92 valence electrons. The summed E-state index contributed by atoms with van der Waals surface area (Å²) < 4.78 is 0. The lowest BCUT2D eigenvalue weighted by molar-refractivity contribution is 0.0994. The smallest absolute Gasteiger partial charge is 0.260 e. The number of hydrogen-bond donors (Lipinski definition) is 1. The van der Waals surface area contributed by atoms with Gasteiger partial charge >= 0.3 is 0 Å². The van der Waals surface area contributed by atoms with Crippen LogP contribution in [-0.2, 0) is 0 Å². The molecular weight excluding hydrogens is 250 g/mol. The molecule has 0 aliphatic heterocycles. The fourth-order valence-electron chi connectivity index (χ4n) is 1.56. The first-order valence-electron chi connectivity index (χ1n) is 5.32. The van der Waals surface area contributed by atoms with E-state index in [0.29, 0.717) is 22.0 Å². The second-order valence-electron chi connectivity index (χ2n) is 3.81. The number of amides is 1. The predicted molar refractivity (Wildman–Crippen MR) is 72.8 cm³/mol. The van der Waals surface area contributed by atoms with Crippen LogP contribution in [0.2, 0.25) is 5.02 Å². The van der Waals surface area contributed by atoms with Crippen molar-refractivity contribution in [1.82, 2.24) is 4.98 Å². The van der Waals surface area contributed by atoms with Gasteiger partial charge in [-0.3, -0.25) is 9.78 Å². The minimum absolute atomic E-state index is 0.219. The number of rotatable bonds is 2. The van der Waals surface area contributed by atoms with Gasteiger partial charge in [-0.05, 0) is 30.3 Å². The molecule has 1 heterocycles. The molecule has 0 bridgehead atoms. The minimum atomic E-state index is -0.219. The summed E-state index contributed by atoms with van der Waals surface area (Å²) in [5.74, 6) is -0.219. The normalized spacial score (nSPS) is 10.1. The predicted octanol–water partition coefficient (Wildman–Crippen LogP) is 2.59. The molecule has 0 aliphatic rings. The van der Waals surface area contributed by atoms with Crippen LogP contribution in [-0.4, -0.2) is 17.9 Å². The number of aromatic nitrogens is 1. The van der Waals surface area contributed by atoms with E-state index in [1.165, 1.54) is 4.90 Å². The molecule has 0 unspecified atom stereocenters. The molecule has 0 saturated heterocycles. The van der Waals surface area contributed by atoms with Crippen molar-refractivity contribution in [2.75, 3.05) is 17.7 Å². The van der Waals surface area contributed by atoms with Gasteiger partial charge in [-0.1, -0.05) is 11.6 Å². The molecule has 0 fully saturated rings. The van der Waals surface area contributed by atoms with E-state index in [1.807, 2.05) is 0 Å². The quantitative estimate of drug-likeness (QED) is 0.846. The van der Waals surface area contributed by atoms with Gasteiger partial charge in [0.05, 0.1) is 17.4 Å². The van der Waals surface area contributed by atoms with E-state index in [9.17, 15) is 4.79 Å². The van der Waals surface area contributed by atoms with Crippen LogP contribution in [0, 0.1) is 0 Å². The van der Waals surface area contributed by atoms with Gasteiger partial charge in [-0.15, -0.1) is 0 Å². The fraction of sp³-hybridized carbons (Fsp3) is 0.0769. The topological polar surface area (TPSA) is 59.2 Å². The Kier molecular flexibility index (Phi) is 3.48. The van der Waals surface area contributed by atoms with E-state index >= 15 is 0 Å². The average Bonchev–Trinajstić information content (AvgIpc) is 2.41. The zero-order chi connectivity index (χ0) is 13.1. The molecule has 1 aromatic heterocycles. The summed E-state index contributed by atoms with van der Waals surface area (Å²) in [7, 11) is 1.67. The maximum absolute atomic E-state index is 12.3. The van der Waals surface area contributed by atoms with Crippen molar-refractivity contribution in [3.8, 4) is 0 Å². The molecule has 2 rings (SSSR count). The largest absolute Gasteiger partial charge is 0.398 e. The lowest BCUT2D eigenvalue weighted by Crippen LogP contribution is -2.27. The van der Waals surface area contributed by atoms with Crippen LogP contribution in [0.3, 0.4) is 0 Å². The Labute approximate surface area is 110 Å². The summed E-state index contributed by atoms with van der Waals surface area (Å²) in [5, 5.41) is 0.479. The van der Waals surface area contributed by atoms with Gasteiger partial charge in [0, 0.05) is 24.0 Å². The summed E-state index contributed by atoms with van der Waals surface area (Å²) in [4.78, 5) is 17.7. The van der Waals surface area contributed by atoms with Crippen LogP contribution in [0.4, 0.5) is 11.4 Å². The third-order valence-electron chi connectivity index (χ3n) is 2.58. The lowest BCUT2D eigenvalue weighted by Gasteiger charge is -2.17. The molecule has 18 heavy (non-hydrogen) atoms. The van der Waals surface area contributed by atoms with Gasteiger partial charge < -0.3 is 10.6 Å². The molecule has 0 radical (unpaired) electrons. The first-order valence-corrected chi connectivity index (χ1v) is 5.70. The summed E-state index contributed by atoms with van der Waals surface area (Å²) in [6.07, 6.45) is 3.26. The monoisotopic (exact) mass is 261 g/mol. The molecular formula is C13H12ClN3O. The van der Waals surface area contributed by atoms with E-state index < -0.39 is 0 Å². The molecule has 1 aromatic carbocycles. The number of benzene rings is 1. The van der Waals surface area contributed by atoms with Crippen molar-refractivity contribution in [3.63, 3.8) is 0 Å². The summed E-state index contributed by atoms with van der Waals surface area (Å²) in [6, 6.07) is 8.39. The Morgan fingerprint density at radius 2 is 2.17 bits per heavy atom. The molecule has 0 saturated carbocycles. The van der Waals surface area contributed by atoms with Gasteiger partial charge in [-0.25, -0.2) is 0 Å². The van der Waals surface area contributed by atoms with Gasteiger partial charge in [-0.2, -0.15) is 0 Å². The first-order chi connectivity index (χ1) is 8.59. The van der Waals surface area contributed by atoms with E-state index in [0.717, 1.165) is 0 Å². The summed E-state index contributed by atoms with van der Waals surface area (Å²) in [6.45, 7) is 0. The summed E-state index contributed by atoms with van der Waals surface area (Å²) >= 11 is 5.87. The standard InChI is InChI=1S/C13H12ClN3O/c1-17(10-3-2-6-16-8-10)13(18)11-7-9(14)4-5-12(11)15/h2-8H,15H2,1H3. The maximum Gasteiger partial charge on any atom is 0.260 e. The molecule has 4 nitrogen and oxygen atoms in total. The van der Waals surface area contributed by atoms with Crippen LogP contribution < -0.4 is 10.6 Å². The average molecular weight is 262 g/mol. The number of halogens is 1. The van der Waals surface area contributed by atoms with Gasteiger partial charge in [0.2, 0.25) is 0 Å². The zero-order valence-electron chi connectivity index (χ0n) is 9.80. The molecule has 2 aromatic rings. The third-order valence-corrected chi connectivity index (χ3v) is 2.82. The number of anilines is 2. The van der Waals surface area contributed by atoms with E-state index in [2.05, 4.69) is 4.98 Å². The van der Waals surface area contributed by atoms with Crippen molar-refractivity contribution in [1.29, 1.82) is 0 Å². The van der Waals surface area contributed by atoms with E-state index in [4.69, 9.17) is 17.3 Å². The van der Waals surface area contributed by atoms with Gasteiger partial charge in [0.15, 0.2) is 0 Å². The Hall–Kier alpha value is -2.07. The molecule has 0 atom stereocenters. The van der Waals surface area contributed by atoms with Crippen molar-refractivity contribution in [2.45, 2.75) is 0 Å². The number of nitrogens with two attached hydrogens (primary N) is 1. The Bertz CT molecular complexity index is 572. The van der Waals surface area contributed by atoms with E-state index in [-0.39, 0.29) is 5.91 Å². The Balaban J connectivity index is 2.34. The third kappa shape index (κ3) is 2.43. The van der Waals surface area contributed by atoms with Crippen LogP contribution >= 0.6 is 11.6 Å². The minimum Gasteiger partial charge on any atom is -0.398 e. The fourth-order valence-corrected chi connectivity index (χ4v) is 1.74. The highest BCUT2D eigenvalue weighted by molar-refractivity contribution is 6.31. The van der Waals surface area contributed by atoms with Crippen LogP contribution in [0.15, 0.2) is 42.7 Å². The summed E-state index contributed by atoms with van der Waals surface area (Å²) in [5.41, 5.74) is 7.27. The van der Waals surface area contributed by atoms with Crippen molar-refractivity contribution >= 4 is 28.9 Å². The van der Waals surface area contributed by atoms with Crippen molar-refractivity contribution < 1.29 is 4.79 Å². The maximum atomic E-state index is 12.3. The van der Waals surface area contributed by atoms with Crippen LogP contribution in [0.5, 0.6) is 0 Å².